The van der Waals surface area contributed by atoms with Crippen molar-refractivity contribution in [1.29, 1.82) is 5.26 Å². The molecular formula is C21H20N4O6S. The Kier molecular flexibility index (Phi) is 5.82. The van der Waals surface area contributed by atoms with Crippen LogP contribution in [0.3, 0.4) is 0 Å². The summed E-state index contributed by atoms with van der Waals surface area (Å²) < 4.78 is 33.5. The molecule has 0 saturated carbocycles. The number of nitrogens with zero attached hydrogens (tertiary/aromatic N) is 3. The maximum atomic E-state index is 13.5. The van der Waals surface area contributed by atoms with E-state index in [1.54, 1.807) is 12.1 Å². The monoisotopic (exact) mass is 456 g/mol. The van der Waals surface area contributed by atoms with Gasteiger partial charge in [0, 0.05) is 37.1 Å². The summed E-state index contributed by atoms with van der Waals surface area (Å²) in [7, 11) is -4.09. The van der Waals surface area contributed by atoms with Crippen LogP contribution in [0, 0.1) is 11.3 Å². The highest BCUT2D eigenvalue weighted by atomic mass is 32.2. The van der Waals surface area contributed by atoms with Crippen molar-refractivity contribution in [3.05, 3.63) is 53.5 Å². The molecule has 0 aliphatic carbocycles. The van der Waals surface area contributed by atoms with Crippen molar-refractivity contribution in [1.82, 2.24) is 14.5 Å². The normalized spacial score (nSPS) is 18.6. The summed E-state index contributed by atoms with van der Waals surface area (Å²) in [5, 5.41) is 11.2. The third-order valence-electron chi connectivity index (χ3n) is 5.54. The number of nitriles is 1. The highest BCUT2D eigenvalue weighted by Gasteiger charge is 2.41. The SMILES string of the molecule is N#CCCN(Cc1ccco1)S(=O)(=O)c1cccc2c1CN(C1CCC(=O)NC1=O)C2=O. The maximum Gasteiger partial charge on any atom is 0.255 e. The smallest absolute Gasteiger partial charge is 0.255 e. The van der Waals surface area contributed by atoms with Crippen LogP contribution in [0.25, 0.3) is 0 Å². The number of hydrogen-bond acceptors (Lipinski definition) is 7. The lowest BCUT2D eigenvalue weighted by Gasteiger charge is -2.29. The average molecular weight is 456 g/mol. The summed E-state index contributed by atoms with van der Waals surface area (Å²) >= 11 is 0. The fourth-order valence-corrected chi connectivity index (χ4v) is 5.62. The lowest BCUT2D eigenvalue weighted by Crippen LogP contribution is -2.52. The molecule has 10 nitrogen and oxygen atoms in total. The molecule has 166 valence electrons. The van der Waals surface area contributed by atoms with Crippen molar-refractivity contribution in [2.45, 2.75) is 43.3 Å². The van der Waals surface area contributed by atoms with Crippen LogP contribution >= 0.6 is 0 Å². The fraction of sp³-hybridized carbons (Fsp3) is 0.333. The molecular weight excluding hydrogens is 436 g/mol. The van der Waals surface area contributed by atoms with Crippen LogP contribution in [0.5, 0.6) is 0 Å². The van der Waals surface area contributed by atoms with Crippen molar-refractivity contribution in [2.24, 2.45) is 0 Å². The van der Waals surface area contributed by atoms with Crippen molar-refractivity contribution in [3.8, 4) is 6.07 Å². The zero-order chi connectivity index (χ0) is 22.9. The number of amides is 3. The van der Waals surface area contributed by atoms with E-state index in [0.717, 1.165) is 4.31 Å². The number of rotatable bonds is 7. The molecule has 2 aromatic rings. The number of nitrogens with one attached hydrogen (secondary N) is 1. The predicted octanol–water partition coefficient (Wildman–Crippen LogP) is 1.15. The number of benzene rings is 1. The van der Waals surface area contributed by atoms with Crippen LogP contribution in [-0.2, 0) is 32.7 Å². The first-order chi connectivity index (χ1) is 15.3. The number of carbonyl (C=O) groups excluding carboxylic acids is 3. The first-order valence-corrected chi connectivity index (χ1v) is 11.4. The lowest BCUT2D eigenvalue weighted by molar-refractivity contribution is -0.136. The van der Waals surface area contributed by atoms with Gasteiger partial charge in [-0.15, -0.1) is 0 Å². The van der Waals surface area contributed by atoms with Crippen LogP contribution < -0.4 is 5.32 Å². The molecule has 1 saturated heterocycles. The minimum atomic E-state index is -4.09. The van der Waals surface area contributed by atoms with Gasteiger partial charge in [-0.2, -0.15) is 9.57 Å². The zero-order valence-electron chi connectivity index (χ0n) is 17.0. The summed E-state index contributed by atoms with van der Waals surface area (Å²) in [4.78, 5) is 38.0. The van der Waals surface area contributed by atoms with E-state index in [2.05, 4.69) is 5.32 Å². The number of sulfonamides is 1. The van der Waals surface area contributed by atoms with Gasteiger partial charge >= 0.3 is 0 Å². The molecule has 1 aromatic carbocycles. The number of hydrogen-bond donors (Lipinski definition) is 1. The van der Waals surface area contributed by atoms with Crippen molar-refractivity contribution in [2.75, 3.05) is 6.54 Å². The van der Waals surface area contributed by atoms with E-state index >= 15 is 0 Å². The van der Waals surface area contributed by atoms with E-state index in [0.29, 0.717) is 11.3 Å². The molecule has 0 bridgehead atoms. The van der Waals surface area contributed by atoms with E-state index in [1.165, 1.54) is 29.4 Å². The summed E-state index contributed by atoms with van der Waals surface area (Å²) in [5.74, 6) is -1.01. The number of piperidine rings is 1. The van der Waals surface area contributed by atoms with Crippen molar-refractivity contribution in [3.63, 3.8) is 0 Å². The molecule has 1 aromatic heterocycles. The largest absolute Gasteiger partial charge is 0.468 e. The van der Waals surface area contributed by atoms with Crippen LogP contribution in [0.2, 0.25) is 0 Å². The van der Waals surface area contributed by atoms with E-state index in [-0.39, 0.29) is 49.4 Å². The molecule has 11 heteroatoms. The minimum Gasteiger partial charge on any atom is -0.468 e. The quantitative estimate of drug-likeness (QED) is 0.616. The fourth-order valence-electron chi connectivity index (χ4n) is 3.97. The standard InChI is InChI=1S/C21H20N4O6S/c22-9-3-10-24(12-14-4-2-11-31-14)32(29,30)18-6-1-5-15-16(18)13-25(21(15)28)17-7-8-19(26)23-20(17)27/h1-2,4-6,11,17H,3,7-8,10,12-13H2,(H,23,26,27). The number of fused-ring (bicyclic) bond motifs is 1. The summed E-state index contributed by atoms with van der Waals surface area (Å²) in [6, 6.07) is 8.79. The number of carbonyl (C=O) groups is 3. The Bertz CT molecular complexity index is 1220. The van der Waals surface area contributed by atoms with Crippen molar-refractivity contribution >= 4 is 27.7 Å². The molecule has 32 heavy (non-hydrogen) atoms. The topological polar surface area (TPSA) is 141 Å². The summed E-state index contributed by atoms with van der Waals surface area (Å²) in [6.07, 6.45) is 1.70. The van der Waals surface area contributed by atoms with Gasteiger partial charge in [0.05, 0.1) is 23.8 Å². The van der Waals surface area contributed by atoms with E-state index in [1.807, 2.05) is 6.07 Å². The molecule has 1 atom stereocenters. The molecule has 2 aliphatic rings. The van der Waals surface area contributed by atoms with Crippen molar-refractivity contribution < 1.29 is 27.2 Å². The summed E-state index contributed by atoms with van der Waals surface area (Å²) in [5.41, 5.74) is 0.498. The van der Waals surface area contributed by atoms with Crippen LogP contribution in [-0.4, -0.2) is 47.9 Å². The zero-order valence-corrected chi connectivity index (χ0v) is 17.8. The average Bonchev–Trinajstić information content (AvgIpc) is 3.39. The van der Waals surface area contributed by atoms with E-state index < -0.39 is 33.8 Å². The number of furan rings is 1. The molecule has 1 fully saturated rings. The van der Waals surface area contributed by atoms with Crippen LogP contribution in [0.4, 0.5) is 0 Å². The third kappa shape index (κ3) is 3.90. The molecule has 1 unspecified atom stereocenters. The van der Waals surface area contributed by atoms with Gasteiger partial charge in [-0.25, -0.2) is 8.42 Å². The van der Waals surface area contributed by atoms with E-state index in [4.69, 9.17) is 9.68 Å². The Morgan fingerprint density at radius 1 is 1.22 bits per heavy atom. The number of imide groups is 1. The second-order valence-corrected chi connectivity index (χ2v) is 9.41. The van der Waals surface area contributed by atoms with Gasteiger partial charge in [-0.1, -0.05) is 6.07 Å². The first-order valence-electron chi connectivity index (χ1n) is 9.99. The molecule has 3 heterocycles. The van der Waals surface area contributed by atoms with Gasteiger partial charge < -0.3 is 9.32 Å². The van der Waals surface area contributed by atoms with Gasteiger partial charge in [0.25, 0.3) is 5.91 Å². The van der Waals surface area contributed by atoms with E-state index in [9.17, 15) is 22.8 Å². The molecule has 3 amide bonds. The Balaban J connectivity index is 1.67. The second-order valence-electron chi connectivity index (χ2n) is 7.51. The Morgan fingerprint density at radius 3 is 2.72 bits per heavy atom. The molecule has 1 N–H and O–H groups in total. The second kappa shape index (κ2) is 8.57. The lowest BCUT2D eigenvalue weighted by atomic mass is 10.0. The Morgan fingerprint density at radius 2 is 2.03 bits per heavy atom. The maximum absolute atomic E-state index is 13.5. The van der Waals surface area contributed by atoms with Gasteiger partial charge in [0.15, 0.2) is 0 Å². The van der Waals surface area contributed by atoms with Gasteiger partial charge in [-0.05, 0) is 30.7 Å². The first kappa shape index (κ1) is 21.7. The summed E-state index contributed by atoms with van der Waals surface area (Å²) in [6.45, 7) is -0.178. The van der Waals surface area contributed by atoms with Gasteiger partial charge in [-0.3, -0.25) is 19.7 Å². The molecule has 0 spiro atoms. The minimum absolute atomic E-state index is 0.0176. The highest BCUT2D eigenvalue weighted by molar-refractivity contribution is 7.89. The van der Waals surface area contributed by atoms with Gasteiger partial charge in [0.2, 0.25) is 21.8 Å². The predicted molar refractivity (Wildman–Crippen MR) is 109 cm³/mol. The van der Waals surface area contributed by atoms with Crippen LogP contribution in [0.1, 0.15) is 40.9 Å². The molecule has 2 aliphatic heterocycles. The van der Waals surface area contributed by atoms with Gasteiger partial charge in [0.1, 0.15) is 11.8 Å². The molecule has 4 rings (SSSR count). The highest BCUT2D eigenvalue weighted by Crippen LogP contribution is 2.33. The Hall–Kier alpha value is -3.49. The van der Waals surface area contributed by atoms with Crippen LogP contribution in [0.15, 0.2) is 45.9 Å². The third-order valence-corrected chi connectivity index (χ3v) is 7.47. The molecule has 0 radical (unpaired) electrons. The Labute approximate surface area is 184 Å².